The van der Waals surface area contributed by atoms with E-state index in [0.717, 1.165) is 12.4 Å². The van der Waals surface area contributed by atoms with Gasteiger partial charge in [0.1, 0.15) is 12.7 Å². The Morgan fingerprint density at radius 3 is 2.73 bits per heavy atom. The van der Waals surface area contributed by atoms with Crippen molar-refractivity contribution in [2.45, 2.75) is 18.0 Å². The molecule has 6 nitrogen and oxygen atoms in total. The van der Waals surface area contributed by atoms with Gasteiger partial charge in [-0.3, -0.25) is 14.9 Å². The van der Waals surface area contributed by atoms with Gasteiger partial charge in [-0.2, -0.15) is 0 Å². The third-order valence-electron chi connectivity index (χ3n) is 4.70. The fourth-order valence-corrected chi connectivity index (χ4v) is 3.50. The standard InChI is InChI=1S/C17H13ClF2N4O2/c18-9-1-2-11-12(3-9)17(4-13(17)20)8-24(15(11)26)7-14(25)23-16-21-5-10(19)6-22-16/h1-3,5-6,13H,4,7-8H2,(H,21,22,23,25)/t13-,17-/m0/s1. The number of rotatable bonds is 3. The summed E-state index contributed by atoms with van der Waals surface area (Å²) in [6.07, 6.45) is 1.04. The zero-order valence-corrected chi connectivity index (χ0v) is 14.1. The topological polar surface area (TPSA) is 75.2 Å². The molecule has 4 rings (SSSR count). The smallest absolute Gasteiger partial charge is 0.254 e. The van der Waals surface area contributed by atoms with Crippen molar-refractivity contribution in [1.29, 1.82) is 0 Å². The van der Waals surface area contributed by atoms with E-state index in [0.29, 0.717) is 16.1 Å². The molecular formula is C17H13ClF2N4O2. The van der Waals surface area contributed by atoms with E-state index in [2.05, 4.69) is 15.3 Å². The number of hydrogen-bond acceptors (Lipinski definition) is 4. The molecule has 1 aliphatic heterocycles. The third-order valence-corrected chi connectivity index (χ3v) is 4.93. The van der Waals surface area contributed by atoms with Gasteiger partial charge in [0, 0.05) is 22.5 Å². The average molecular weight is 379 g/mol. The normalized spacial score (nSPS) is 23.7. The van der Waals surface area contributed by atoms with Crippen LogP contribution in [0.25, 0.3) is 0 Å². The van der Waals surface area contributed by atoms with E-state index in [-0.39, 0.29) is 31.4 Å². The van der Waals surface area contributed by atoms with E-state index in [9.17, 15) is 18.4 Å². The number of alkyl halides is 1. The molecule has 1 fully saturated rings. The maximum absolute atomic E-state index is 14.1. The van der Waals surface area contributed by atoms with Crippen LogP contribution in [0.1, 0.15) is 22.3 Å². The molecule has 1 aromatic carbocycles. The van der Waals surface area contributed by atoms with Gasteiger partial charge >= 0.3 is 0 Å². The van der Waals surface area contributed by atoms with E-state index >= 15 is 0 Å². The van der Waals surface area contributed by atoms with Crippen molar-refractivity contribution in [3.63, 3.8) is 0 Å². The number of carbonyl (C=O) groups excluding carboxylic acids is 2. The van der Waals surface area contributed by atoms with E-state index in [1.807, 2.05) is 0 Å². The molecule has 1 spiro atoms. The zero-order valence-electron chi connectivity index (χ0n) is 13.4. The Bertz CT molecular complexity index is 908. The fourth-order valence-electron chi connectivity index (χ4n) is 3.33. The molecular weight excluding hydrogens is 366 g/mol. The Labute approximate surface area is 152 Å². The number of fused-ring (bicyclic) bond motifs is 2. The third kappa shape index (κ3) is 2.80. The molecule has 0 radical (unpaired) electrons. The number of hydrogen-bond donors (Lipinski definition) is 1. The lowest BCUT2D eigenvalue weighted by Gasteiger charge is -2.34. The molecule has 0 bridgehead atoms. The minimum absolute atomic E-state index is 0.0717. The summed E-state index contributed by atoms with van der Waals surface area (Å²) in [5.41, 5.74) is 0.147. The first-order valence-electron chi connectivity index (χ1n) is 7.90. The number of anilines is 1. The molecule has 0 unspecified atom stereocenters. The molecule has 2 amide bonds. The highest BCUT2D eigenvalue weighted by Crippen LogP contribution is 2.54. The quantitative estimate of drug-likeness (QED) is 0.889. The minimum atomic E-state index is -1.08. The average Bonchev–Trinajstić information content (AvgIpc) is 3.25. The highest BCUT2D eigenvalue weighted by Gasteiger charge is 2.61. The van der Waals surface area contributed by atoms with Gasteiger partial charge in [-0.25, -0.2) is 18.7 Å². The Kier molecular flexibility index (Phi) is 3.87. The van der Waals surface area contributed by atoms with Crippen LogP contribution in [0.2, 0.25) is 5.02 Å². The Morgan fingerprint density at radius 2 is 2.08 bits per heavy atom. The molecule has 2 aliphatic rings. The number of amides is 2. The van der Waals surface area contributed by atoms with Crippen LogP contribution in [0.4, 0.5) is 14.7 Å². The van der Waals surface area contributed by atoms with Crippen LogP contribution in [0, 0.1) is 5.82 Å². The summed E-state index contributed by atoms with van der Waals surface area (Å²) in [4.78, 5) is 33.4. The van der Waals surface area contributed by atoms with E-state index in [4.69, 9.17) is 11.6 Å². The second-order valence-electron chi connectivity index (χ2n) is 6.45. The van der Waals surface area contributed by atoms with Crippen LogP contribution in [-0.2, 0) is 10.2 Å². The summed E-state index contributed by atoms with van der Waals surface area (Å²) >= 11 is 6.00. The first kappa shape index (κ1) is 16.8. The predicted octanol–water partition coefficient (Wildman–Crippen LogP) is 2.34. The second kappa shape index (κ2) is 5.98. The number of aromatic nitrogens is 2. The highest BCUT2D eigenvalue weighted by molar-refractivity contribution is 6.30. The Hall–Kier alpha value is -2.61. The summed E-state index contributed by atoms with van der Waals surface area (Å²) < 4.78 is 27.0. The predicted molar refractivity (Wildman–Crippen MR) is 89.2 cm³/mol. The van der Waals surface area contributed by atoms with Gasteiger partial charge in [-0.1, -0.05) is 11.6 Å². The summed E-state index contributed by atoms with van der Waals surface area (Å²) in [7, 11) is 0. The lowest BCUT2D eigenvalue weighted by atomic mass is 9.86. The number of halogens is 3. The zero-order chi connectivity index (χ0) is 18.5. The van der Waals surface area contributed by atoms with Crippen molar-refractivity contribution < 1.29 is 18.4 Å². The minimum Gasteiger partial charge on any atom is -0.328 e. The van der Waals surface area contributed by atoms with E-state index in [1.165, 1.54) is 4.90 Å². The lowest BCUT2D eigenvalue weighted by Crippen LogP contribution is -2.47. The van der Waals surface area contributed by atoms with Gasteiger partial charge in [-0.15, -0.1) is 0 Å². The Morgan fingerprint density at radius 1 is 1.38 bits per heavy atom. The number of benzene rings is 1. The molecule has 1 aromatic heterocycles. The molecule has 0 saturated heterocycles. The summed E-state index contributed by atoms with van der Waals surface area (Å²) in [5.74, 6) is -1.61. The monoisotopic (exact) mass is 378 g/mol. The van der Waals surface area contributed by atoms with E-state index < -0.39 is 23.3 Å². The first-order valence-corrected chi connectivity index (χ1v) is 8.28. The summed E-state index contributed by atoms with van der Waals surface area (Å²) in [5, 5.41) is 2.83. The van der Waals surface area contributed by atoms with Gasteiger partial charge in [0.15, 0.2) is 5.82 Å². The molecule has 134 valence electrons. The molecule has 2 aromatic rings. The van der Waals surface area contributed by atoms with Crippen LogP contribution in [-0.4, -0.2) is 45.9 Å². The summed E-state index contributed by atoms with van der Waals surface area (Å²) in [6.45, 7) is -0.186. The maximum atomic E-state index is 14.1. The molecule has 1 saturated carbocycles. The molecule has 2 heterocycles. The number of nitrogens with zero attached hydrogens (tertiary/aromatic N) is 3. The van der Waals surface area contributed by atoms with Crippen LogP contribution < -0.4 is 5.32 Å². The van der Waals surface area contributed by atoms with Crippen molar-refractivity contribution in [2.24, 2.45) is 0 Å². The van der Waals surface area contributed by atoms with Gasteiger partial charge < -0.3 is 4.90 Å². The fraction of sp³-hybridized carbons (Fsp3) is 0.294. The van der Waals surface area contributed by atoms with Crippen LogP contribution in [0.15, 0.2) is 30.6 Å². The molecule has 1 N–H and O–H groups in total. The molecule has 2 atom stereocenters. The van der Waals surface area contributed by atoms with Crippen molar-refractivity contribution in [3.8, 4) is 0 Å². The van der Waals surface area contributed by atoms with Crippen molar-refractivity contribution >= 4 is 29.4 Å². The van der Waals surface area contributed by atoms with Crippen molar-refractivity contribution in [3.05, 3.63) is 52.6 Å². The Balaban J connectivity index is 1.54. The van der Waals surface area contributed by atoms with Gasteiger partial charge in [0.2, 0.25) is 11.9 Å². The maximum Gasteiger partial charge on any atom is 0.254 e. The van der Waals surface area contributed by atoms with E-state index in [1.54, 1.807) is 18.2 Å². The van der Waals surface area contributed by atoms with Gasteiger partial charge in [0.05, 0.1) is 12.4 Å². The van der Waals surface area contributed by atoms with Gasteiger partial charge in [-0.05, 0) is 30.2 Å². The van der Waals surface area contributed by atoms with Gasteiger partial charge in [0.25, 0.3) is 5.91 Å². The lowest BCUT2D eigenvalue weighted by molar-refractivity contribution is -0.117. The number of nitrogens with one attached hydrogen (secondary N) is 1. The van der Waals surface area contributed by atoms with Crippen LogP contribution in [0.3, 0.4) is 0 Å². The largest absolute Gasteiger partial charge is 0.328 e. The SMILES string of the molecule is O=C(CN1C[C@@]2(C[C@@H]2F)c2cc(Cl)ccc2C1=O)Nc1ncc(F)cn1. The summed E-state index contributed by atoms with van der Waals surface area (Å²) in [6, 6.07) is 4.75. The first-order chi connectivity index (χ1) is 12.4. The van der Waals surface area contributed by atoms with Crippen LogP contribution >= 0.6 is 11.6 Å². The molecule has 1 aliphatic carbocycles. The molecule has 26 heavy (non-hydrogen) atoms. The van der Waals surface area contributed by atoms with Crippen molar-refractivity contribution in [1.82, 2.24) is 14.9 Å². The molecule has 9 heteroatoms. The highest BCUT2D eigenvalue weighted by atomic mass is 35.5. The van der Waals surface area contributed by atoms with Crippen LogP contribution in [0.5, 0.6) is 0 Å². The van der Waals surface area contributed by atoms with Crippen molar-refractivity contribution in [2.75, 3.05) is 18.4 Å². The number of carbonyl (C=O) groups is 2. The second-order valence-corrected chi connectivity index (χ2v) is 6.89.